The van der Waals surface area contributed by atoms with Crippen molar-refractivity contribution >= 4 is 5.91 Å². The summed E-state index contributed by atoms with van der Waals surface area (Å²) in [5.41, 5.74) is 3.04. The fraction of sp³-hybridized carbons (Fsp3) is 0.412. The number of halogens is 1. The molecule has 2 aromatic rings. The summed E-state index contributed by atoms with van der Waals surface area (Å²) in [4.78, 5) is 16.3. The summed E-state index contributed by atoms with van der Waals surface area (Å²) in [5, 5.41) is 7.24. The average Bonchev–Trinajstić information content (AvgIpc) is 3.00. The van der Waals surface area contributed by atoms with Crippen LogP contribution in [0.1, 0.15) is 23.9 Å². The lowest BCUT2D eigenvalue weighted by atomic mass is 10.2. The first-order valence-corrected chi connectivity index (χ1v) is 7.92. The molecule has 2 heterocycles. The van der Waals surface area contributed by atoms with Gasteiger partial charge in [-0.3, -0.25) is 14.8 Å². The molecule has 1 aromatic heterocycles. The number of carbonyl (C=O) groups is 1. The van der Waals surface area contributed by atoms with E-state index in [1.165, 1.54) is 12.1 Å². The Hall–Kier alpha value is -2.21. The van der Waals surface area contributed by atoms with Gasteiger partial charge >= 0.3 is 0 Å². The van der Waals surface area contributed by atoms with Gasteiger partial charge in [-0.2, -0.15) is 5.10 Å². The van der Waals surface area contributed by atoms with Crippen molar-refractivity contribution in [1.82, 2.24) is 20.0 Å². The van der Waals surface area contributed by atoms with Gasteiger partial charge in [0.25, 0.3) is 0 Å². The Labute approximate surface area is 135 Å². The van der Waals surface area contributed by atoms with Crippen molar-refractivity contribution in [2.75, 3.05) is 19.6 Å². The number of H-pyrrole nitrogens is 1. The molecule has 0 saturated carbocycles. The number of aromatic nitrogens is 2. The van der Waals surface area contributed by atoms with Gasteiger partial charge in [0, 0.05) is 31.9 Å². The predicted molar refractivity (Wildman–Crippen MR) is 85.1 cm³/mol. The third-order valence-corrected chi connectivity index (χ3v) is 4.12. The molecule has 1 aliphatic heterocycles. The summed E-state index contributed by atoms with van der Waals surface area (Å²) in [6, 6.07) is 8.37. The SMILES string of the molecule is CCc1cc(CN2CCN(Cc3ccc(F)cc3)C(=O)C2)[nH]n1. The van der Waals surface area contributed by atoms with Crippen LogP contribution >= 0.6 is 0 Å². The molecule has 6 heteroatoms. The van der Waals surface area contributed by atoms with Gasteiger partial charge in [-0.25, -0.2) is 4.39 Å². The lowest BCUT2D eigenvalue weighted by Gasteiger charge is -2.34. The summed E-state index contributed by atoms with van der Waals surface area (Å²) < 4.78 is 12.9. The standard InChI is InChI=1S/C17H21FN4O/c1-2-15-9-16(20-19-15)11-21-7-8-22(17(23)12-21)10-13-3-5-14(18)6-4-13/h3-6,9H,2,7-8,10-12H2,1H3,(H,19,20). The van der Waals surface area contributed by atoms with Crippen LogP contribution < -0.4 is 0 Å². The van der Waals surface area contributed by atoms with Gasteiger partial charge in [0.15, 0.2) is 0 Å². The summed E-state index contributed by atoms with van der Waals surface area (Å²) in [6.45, 7) is 5.23. The summed E-state index contributed by atoms with van der Waals surface area (Å²) in [6.07, 6.45) is 0.904. The van der Waals surface area contributed by atoms with E-state index >= 15 is 0 Å². The summed E-state index contributed by atoms with van der Waals surface area (Å²) in [5.74, 6) is -0.147. The van der Waals surface area contributed by atoms with Gasteiger partial charge in [-0.15, -0.1) is 0 Å². The number of nitrogens with one attached hydrogen (secondary N) is 1. The Balaban J connectivity index is 1.54. The number of carbonyl (C=O) groups excluding carboxylic acids is 1. The molecule has 1 N–H and O–H groups in total. The minimum Gasteiger partial charge on any atom is -0.336 e. The van der Waals surface area contributed by atoms with Gasteiger partial charge in [-0.1, -0.05) is 19.1 Å². The number of amides is 1. The van der Waals surface area contributed by atoms with E-state index < -0.39 is 0 Å². The third kappa shape index (κ3) is 3.96. The van der Waals surface area contributed by atoms with Gasteiger partial charge in [-0.05, 0) is 30.2 Å². The van der Waals surface area contributed by atoms with E-state index in [0.29, 0.717) is 26.2 Å². The second-order valence-corrected chi connectivity index (χ2v) is 5.89. The smallest absolute Gasteiger partial charge is 0.237 e. The van der Waals surface area contributed by atoms with E-state index in [1.54, 1.807) is 12.1 Å². The van der Waals surface area contributed by atoms with Crippen LogP contribution in [0.3, 0.4) is 0 Å². The van der Waals surface area contributed by atoms with Gasteiger partial charge in [0.1, 0.15) is 5.82 Å². The molecule has 23 heavy (non-hydrogen) atoms. The maximum Gasteiger partial charge on any atom is 0.237 e. The maximum absolute atomic E-state index is 12.9. The van der Waals surface area contributed by atoms with Crippen molar-refractivity contribution in [3.05, 3.63) is 53.1 Å². The molecule has 1 amide bonds. The largest absolute Gasteiger partial charge is 0.336 e. The fourth-order valence-corrected chi connectivity index (χ4v) is 2.78. The Bertz CT molecular complexity index is 667. The van der Waals surface area contributed by atoms with Crippen molar-refractivity contribution < 1.29 is 9.18 Å². The second kappa shape index (κ2) is 6.91. The van der Waals surface area contributed by atoms with E-state index in [0.717, 1.165) is 29.9 Å². The molecule has 3 rings (SSSR count). The van der Waals surface area contributed by atoms with Crippen molar-refractivity contribution in [1.29, 1.82) is 0 Å². The highest BCUT2D eigenvalue weighted by atomic mass is 19.1. The van der Waals surface area contributed by atoms with Crippen LogP contribution in [0.4, 0.5) is 4.39 Å². The van der Waals surface area contributed by atoms with E-state index in [1.807, 2.05) is 4.90 Å². The first-order chi connectivity index (χ1) is 11.1. The summed E-state index contributed by atoms with van der Waals surface area (Å²) >= 11 is 0. The molecule has 0 bridgehead atoms. The molecule has 122 valence electrons. The number of piperazine rings is 1. The van der Waals surface area contributed by atoms with Crippen molar-refractivity contribution in [2.45, 2.75) is 26.4 Å². The lowest BCUT2D eigenvalue weighted by molar-refractivity contribution is -0.136. The molecule has 1 aliphatic rings. The topological polar surface area (TPSA) is 52.2 Å². The molecule has 0 unspecified atom stereocenters. The van der Waals surface area contributed by atoms with Crippen LogP contribution in [0.15, 0.2) is 30.3 Å². The molecule has 0 radical (unpaired) electrons. The summed E-state index contributed by atoms with van der Waals surface area (Å²) in [7, 11) is 0. The van der Waals surface area contributed by atoms with Crippen LogP contribution in [-0.4, -0.2) is 45.5 Å². The molecule has 1 aromatic carbocycles. The normalized spacial score (nSPS) is 16.1. The average molecular weight is 316 g/mol. The Kier molecular flexibility index (Phi) is 4.71. The number of hydrogen-bond acceptors (Lipinski definition) is 3. The van der Waals surface area contributed by atoms with E-state index in [9.17, 15) is 9.18 Å². The highest BCUT2D eigenvalue weighted by Gasteiger charge is 2.24. The van der Waals surface area contributed by atoms with Gasteiger partial charge in [0.2, 0.25) is 5.91 Å². The molecule has 0 spiro atoms. The highest BCUT2D eigenvalue weighted by Crippen LogP contribution is 2.13. The number of rotatable bonds is 5. The second-order valence-electron chi connectivity index (χ2n) is 5.89. The zero-order chi connectivity index (χ0) is 16.2. The maximum atomic E-state index is 12.9. The molecule has 0 aliphatic carbocycles. The van der Waals surface area contributed by atoms with Crippen LogP contribution in [0.2, 0.25) is 0 Å². The zero-order valence-corrected chi connectivity index (χ0v) is 13.3. The van der Waals surface area contributed by atoms with Crippen molar-refractivity contribution in [3.63, 3.8) is 0 Å². The Morgan fingerprint density at radius 2 is 2.00 bits per heavy atom. The molecular formula is C17H21FN4O. The Morgan fingerprint density at radius 3 is 2.65 bits per heavy atom. The van der Waals surface area contributed by atoms with Gasteiger partial charge in [0.05, 0.1) is 12.2 Å². The minimum absolute atomic E-state index is 0.107. The molecule has 1 fully saturated rings. The first kappa shape index (κ1) is 15.7. The number of aromatic amines is 1. The third-order valence-electron chi connectivity index (χ3n) is 4.12. The van der Waals surface area contributed by atoms with Crippen molar-refractivity contribution in [2.24, 2.45) is 0 Å². The molecule has 5 nitrogen and oxygen atoms in total. The Morgan fingerprint density at radius 1 is 1.22 bits per heavy atom. The van der Waals surface area contributed by atoms with Crippen molar-refractivity contribution in [3.8, 4) is 0 Å². The molecular weight excluding hydrogens is 295 g/mol. The first-order valence-electron chi connectivity index (χ1n) is 7.92. The lowest BCUT2D eigenvalue weighted by Crippen LogP contribution is -2.49. The minimum atomic E-state index is -0.254. The molecule has 0 atom stereocenters. The molecule has 1 saturated heterocycles. The monoisotopic (exact) mass is 316 g/mol. The number of nitrogens with zero attached hydrogens (tertiary/aromatic N) is 3. The number of benzene rings is 1. The van der Waals surface area contributed by atoms with Crippen LogP contribution in [0.25, 0.3) is 0 Å². The van der Waals surface area contributed by atoms with Crippen LogP contribution in [-0.2, 0) is 24.3 Å². The van der Waals surface area contributed by atoms with E-state index in [4.69, 9.17) is 0 Å². The van der Waals surface area contributed by atoms with Crippen LogP contribution in [0, 0.1) is 5.82 Å². The van der Waals surface area contributed by atoms with E-state index in [-0.39, 0.29) is 11.7 Å². The number of hydrogen-bond donors (Lipinski definition) is 1. The number of aryl methyl sites for hydroxylation is 1. The zero-order valence-electron chi connectivity index (χ0n) is 13.3. The quantitative estimate of drug-likeness (QED) is 0.917. The van der Waals surface area contributed by atoms with Crippen LogP contribution in [0.5, 0.6) is 0 Å². The predicted octanol–water partition coefficient (Wildman–Crippen LogP) is 1.96. The van der Waals surface area contributed by atoms with Gasteiger partial charge < -0.3 is 4.90 Å². The highest BCUT2D eigenvalue weighted by molar-refractivity contribution is 5.79. The fourth-order valence-electron chi connectivity index (χ4n) is 2.78. The van der Waals surface area contributed by atoms with E-state index in [2.05, 4.69) is 28.1 Å².